The van der Waals surface area contributed by atoms with E-state index < -0.39 is 0 Å². The van der Waals surface area contributed by atoms with E-state index in [9.17, 15) is 4.79 Å². The van der Waals surface area contributed by atoms with Crippen LogP contribution in [0.1, 0.15) is 84.0 Å². The van der Waals surface area contributed by atoms with Gasteiger partial charge in [-0.05, 0) is 19.3 Å². The second-order valence-corrected chi connectivity index (χ2v) is 5.18. The lowest BCUT2D eigenvalue weighted by molar-refractivity contribution is -0.140. The Bertz CT molecular complexity index is 362. The highest BCUT2D eigenvalue weighted by Crippen LogP contribution is 2.07. The number of hydrogen-bond acceptors (Lipinski definition) is 2. The number of rotatable bonds is 10. The molecule has 21 heavy (non-hydrogen) atoms. The molecular weight excluding hydrogens is 260 g/mol. The highest BCUT2D eigenvalue weighted by Gasteiger charge is 1.98. The molecule has 0 saturated heterocycles. The Morgan fingerprint density at radius 1 is 0.810 bits per heavy atom. The fourth-order valence-electron chi connectivity index (χ4n) is 1.92. The zero-order chi connectivity index (χ0) is 15.6. The molecule has 0 bridgehead atoms. The molecule has 0 aliphatic rings. The van der Waals surface area contributed by atoms with Gasteiger partial charge in [0.2, 0.25) is 0 Å². The van der Waals surface area contributed by atoms with Crippen molar-refractivity contribution in [2.24, 2.45) is 0 Å². The normalized spacial score (nSPS) is 9.24. The summed E-state index contributed by atoms with van der Waals surface area (Å²) in [6.07, 6.45) is 12.5. The van der Waals surface area contributed by atoms with Crippen LogP contribution in [-0.2, 0) is 9.53 Å². The van der Waals surface area contributed by atoms with Gasteiger partial charge in [-0.25, -0.2) is 0 Å². The average molecular weight is 290 g/mol. The van der Waals surface area contributed by atoms with Crippen molar-refractivity contribution in [3.63, 3.8) is 0 Å². The highest BCUT2D eigenvalue weighted by molar-refractivity contribution is 5.68. The number of ether oxygens (including phenoxy) is 1. The van der Waals surface area contributed by atoms with Crippen molar-refractivity contribution in [2.45, 2.75) is 84.0 Å². The molecule has 0 radical (unpaired) electrons. The van der Waals surface area contributed by atoms with Crippen LogP contribution in [0, 0.1) is 23.7 Å². The van der Waals surface area contributed by atoms with E-state index in [2.05, 4.69) is 35.3 Å². The van der Waals surface area contributed by atoms with E-state index >= 15 is 0 Å². The maximum atomic E-state index is 10.9. The summed E-state index contributed by atoms with van der Waals surface area (Å²) in [6.45, 7) is 2.21. The van der Waals surface area contributed by atoms with Crippen molar-refractivity contribution in [3.05, 3.63) is 0 Å². The molecule has 0 unspecified atom stereocenters. The first-order valence-corrected chi connectivity index (χ1v) is 8.29. The van der Waals surface area contributed by atoms with Gasteiger partial charge in [0.05, 0.1) is 13.5 Å². The maximum Gasteiger partial charge on any atom is 0.305 e. The van der Waals surface area contributed by atoms with Gasteiger partial charge in [0.1, 0.15) is 0 Å². The second-order valence-electron chi connectivity index (χ2n) is 5.18. The third-order valence-electron chi connectivity index (χ3n) is 3.24. The monoisotopic (exact) mass is 290 g/mol. The average Bonchev–Trinajstić information content (AvgIpc) is 2.50. The SMILES string of the molecule is CCCCCC#CCC#CCCCCCCCC(=O)OC. The molecule has 0 aliphatic carbocycles. The van der Waals surface area contributed by atoms with Gasteiger partial charge in [-0.3, -0.25) is 4.79 Å². The predicted molar refractivity (Wildman–Crippen MR) is 88.6 cm³/mol. The molecule has 2 heteroatoms. The second kappa shape index (κ2) is 16.6. The molecule has 0 heterocycles. The number of methoxy groups -OCH3 is 1. The first-order valence-electron chi connectivity index (χ1n) is 8.29. The Kier molecular flexibility index (Phi) is 15.5. The first-order chi connectivity index (χ1) is 10.3. The van der Waals surface area contributed by atoms with Crippen molar-refractivity contribution >= 4 is 5.97 Å². The van der Waals surface area contributed by atoms with Gasteiger partial charge in [0, 0.05) is 19.3 Å². The molecule has 0 aromatic rings. The minimum absolute atomic E-state index is 0.100. The van der Waals surface area contributed by atoms with Crippen LogP contribution in [0.15, 0.2) is 0 Å². The summed E-state index contributed by atoms with van der Waals surface area (Å²) in [5, 5.41) is 0. The summed E-state index contributed by atoms with van der Waals surface area (Å²) >= 11 is 0. The fourth-order valence-corrected chi connectivity index (χ4v) is 1.92. The van der Waals surface area contributed by atoms with Crippen LogP contribution in [0.5, 0.6) is 0 Å². The zero-order valence-electron chi connectivity index (χ0n) is 13.8. The smallest absolute Gasteiger partial charge is 0.305 e. The summed E-state index contributed by atoms with van der Waals surface area (Å²) in [4.78, 5) is 10.9. The number of esters is 1. The molecule has 0 fully saturated rings. The Morgan fingerprint density at radius 2 is 1.38 bits per heavy atom. The van der Waals surface area contributed by atoms with E-state index in [1.807, 2.05) is 0 Å². The molecule has 2 nitrogen and oxygen atoms in total. The Hall–Kier alpha value is -1.41. The van der Waals surface area contributed by atoms with Gasteiger partial charge < -0.3 is 4.74 Å². The van der Waals surface area contributed by atoms with E-state index in [-0.39, 0.29) is 5.97 Å². The summed E-state index contributed by atoms with van der Waals surface area (Å²) in [5.74, 6) is 12.5. The quantitative estimate of drug-likeness (QED) is 0.326. The lowest BCUT2D eigenvalue weighted by atomic mass is 10.1. The summed E-state index contributed by atoms with van der Waals surface area (Å²) in [5.41, 5.74) is 0. The van der Waals surface area contributed by atoms with Gasteiger partial charge in [-0.15, -0.1) is 11.8 Å². The minimum Gasteiger partial charge on any atom is -0.469 e. The zero-order valence-corrected chi connectivity index (χ0v) is 13.8. The summed E-state index contributed by atoms with van der Waals surface area (Å²) in [7, 11) is 1.44. The Labute approximate surface area is 131 Å². The fraction of sp³-hybridized carbons (Fsp3) is 0.737. The first kappa shape index (κ1) is 19.6. The molecule has 0 amide bonds. The summed E-state index contributed by atoms with van der Waals surface area (Å²) in [6, 6.07) is 0. The molecule has 0 N–H and O–H groups in total. The topological polar surface area (TPSA) is 26.3 Å². The number of carbonyl (C=O) groups is 1. The third-order valence-corrected chi connectivity index (χ3v) is 3.24. The van der Waals surface area contributed by atoms with E-state index in [4.69, 9.17) is 0 Å². The van der Waals surface area contributed by atoms with Gasteiger partial charge >= 0.3 is 5.97 Å². The molecule has 0 rings (SSSR count). The van der Waals surface area contributed by atoms with E-state index in [1.54, 1.807) is 0 Å². The predicted octanol–water partition coefficient (Wildman–Crippen LogP) is 4.87. The molecule has 0 saturated carbocycles. The minimum atomic E-state index is -0.100. The molecule has 0 aromatic heterocycles. The molecule has 0 aliphatic heterocycles. The molecule has 118 valence electrons. The highest BCUT2D eigenvalue weighted by atomic mass is 16.5. The van der Waals surface area contributed by atoms with E-state index in [0.29, 0.717) is 12.8 Å². The molecular formula is C19H30O2. The van der Waals surface area contributed by atoms with Crippen molar-refractivity contribution < 1.29 is 9.53 Å². The van der Waals surface area contributed by atoms with Gasteiger partial charge in [-0.1, -0.05) is 50.9 Å². The van der Waals surface area contributed by atoms with Crippen molar-refractivity contribution in [3.8, 4) is 23.7 Å². The van der Waals surface area contributed by atoms with Crippen LogP contribution in [0.4, 0.5) is 0 Å². The summed E-state index contributed by atoms with van der Waals surface area (Å²) < 4.78 is 4.60. The van der Waals surface area contributed by atoms with Crippen LogP contribution in [0.2, 0.25) is 0 Å². The lowest BCUT2D eigenvalue weighted by Crippen LogP contribution is -1.99. The molecule has 0 atom stereocenters. The standard InChI is InChI=1S/C19H30O2/c1-3-4-5-6-7-8-9-10-11-12-13-14-15-16-17-18-19(20)21-2/h3-6,9,12-18H2,1-2H3. The van der Waals surface area contributed by atoms with E-state index in [0.717, 1.165) is 32.1 Å². The maximum absolute atomic E-state index is 10.9. The van der Waals surface area contributed by atoms with Gasteiger partial charge in [0.15, 0.2) is 0 Å². The van der Waals surface area contributed by atoms with Crippen molar-refractivity contribution in [1.29, 1.82) is 0 Å². The van der Waals surface area contributed by atoms with Crippen LogP contribution in [-0.4, -0.2) is 13.1 Å². The number of unbranched alkanes of at least 4 members (excludes halogenated alkanes) is 8. The number of carbonyl (C=O) groups excluding carboxylic acids is 1. The van der Waals surface area contributed by atoms with Crippen LogP contribution >= 0.6 is 0 Å². The Morgan fingerprint density at radius 3 is 2.00 bits per heavy atom. The number of hydrogen-bond donors (Lipinski definition) is 0. The largest absolute Gasteiger partial charge is 0.469 e. The van der Waals surface area contributed by atoms with Crippen LogP contribution in [0.3, 0.4) is 0 Å². The molecule has 0 spiro atoms. The van der Waals surface area contributed by atoms with E-state index in [1.165, 1.54) is 39.2 Å². The molecule has 0 aromatic carbocycles. The van der Waals surface area contributed by atoms with Crippen molar-refractivity contribution in [2.75, 3.05) is 7.11 Å². The van der Waals surface area contributed by atoms with Gasteiger partial charge in [-0.2, -0.15) is 0 Å². The van der Waals surface area contributed by atoms with Crippen LogP contribution < -0.4 is 0 Å². The third kappa shape index (κ3) is 16.5. The van der Waals surface area contributed by atoms with Crippen molar-refractivity contribution in [1.82, 2.24) is 0 Å². The van der Waals surface area contributed by atoms with Crippen LogP contribution in [0.25, 0.3) is 0 Å². The van der Waals surface area contributed by atoms with Gasteiger partial charge in [0.25, 0.3) is 0 Å². The Balaban J connectivity index is 3.28. The lowest BCUT2D eigenvalue weighted by Gasteiger charge is -1.99.